The summed E-state index contributed by atoms with van der Waals surface area (Å²) in [6.45, 7) is 0. The number of benzene rings is 10. The largest absolute Gasteiger partial charge is 0.455 e. The Bertz CT molecular complexity index is 4060. The Morgan fingerprint density at radius 3 is 1.30 bits per heavy atom. The zero-order valence-corrected chi connectivity index (χ0v) is 34.5. The smallest absolute Gasteiger partial charge is 0.159 e. The van der Waals surface area contributed by atoms with Gasteiger partial charge in [-0.2, -0.15) is 0 Å². The second-order valence-corrected chi connectivity index (χ2v) is 16.8. The third-order valence-corrected chi connectivity index (χ3v) is 13.3. The van der Waals surface area contributed by atoms with E-state index in [1.807, 2.05) is 0 Å². The molecular weight excluding hydrogens is 781 g/mol. The van der Waals surface area contributed by atoms with Crippen LogP contribution in [0.1, 0.15) is 0 Å². The highest BCUT2D eigenvalue weighted by molar-refractivity contribution is 6.31. The molecule has 0 bridgehead atoms. The van der Waals surface area contributed by atoms with Crippen LogP contribution in [0.4, 0.5) is 0 Å². The van der Waals surface area contributed by atoms with Crippen molar-refractivity contribution in [2.75, 3.05) is 0 Å². The number of furan rings is 2. The van der Waals surface area contributed by atoms with Crippen molar-refractivity contribution in [3.8, 4) is 44.8 Å². The van der Waals surface area contributed by atoms with Gasteiger partial charge in [-0.1, -0.05) is 170 Å². The minimum absolute atomic E-state index is 0.788. The monoisotopic (exact) mass is 816 g/mol. The van der Waals surface area contributed by atoms with Crippen LogP contribution in [0.3, 0.4) is 0 Å². The molecule has 0 saturated heterocycles. The van der Waals surface area contributed by atoms with Crippen molar-refractivity contribution in [1.82, 2.24) is 9.13 Å². The van der Waals surface area contributed by atoms with Gasteiger partial charge in [-0.25, -0.2) is 0 Å². The Morgan fingerprint density at radius 2 is 0.734 bits per heavy atom. The lowest BCUT2D eigenvalue weighted by atomic mass is 9.89. The average molecular weight is 817 g/mol. The zero-order valence-electron chi connectivity index (χ0n) is 34.5. The quantitative estimate of drug-likeness (QED) is 0.173. The van der Waals surface area contributed by atoms with E-state index in [0.717, 1.165) is 111 Å². The molecule has 0 saturated carbocycles. The highest BCUT2D eigenvalue weighted by Gasteiger charge is 2.29. The Kier molecular flexibility index (Phi) is 7.36. The molecule has 0 aliphatic carbocycles. The summed E-state index contributed by atoms with van der Waals surface area (Å²) in [5.41, 5.74) is 16.2. The van der Waals surface area contributed by atoms with E-state index in [1.54, 1.807) is 0 Å². The second kappa shape index (κ2) is 13.4. The zero-order chi connectivity index (χ0) is 41.9. The van der Waals surface area contributed by atoms with Gasteiger partial charge in [0.25, 0.3) is 0 Å². The van der Waals surface area contributed by atoms with Gasteiger partial charge in [-0.05, 0) is 70.8 Å². The second-order valence-electron chi connectivity index (χ2n) is 16.8. The molecule has 64 heavy (non-hydrogen) atoms. The minimum atomic E-state index is 0.788. The van der Waals surface area contributed by atoms with Crippen molar-refractivity contribution in [3.05, 3.63) is 218 Å². The van der Waals surface area contributed by atoms with E-state index in [4.69, 9.17) is 8.83 Å². The number of para-hydroxylation sites is 4. The molecule has 14 aromatic rings. The van der Waals surface area contributed by atoms with Gasteiger partial charge >= 0.3 is 0 Å². The summed E-state index contributed by atoms with van der Waals surface area (Å²) in [5, 5.41) is 9.01. The van der Waals surface area contributed by atoms with E-state index in [0.29, 0.717) is 0 Å². The number of hydrogen-bond acceptors (Lipinski definition) is 2. The molecule has 0 amide bonds. The first kappa shape index (κ1) is 35.0. The molecule has 0 atom stereocenters. The van der Waals surface area contributed by atoms with Crippen LogP contribution in [0.5, 0.6) is 0 Å². The lowest BCUT2D eigenvalue weighted by Gasteiger charge is -2.14. The Balaban J connectivity index is 1.24. The molecule has 4 heterocycles. The van der Waals surface area contributed by atoms with Crippen molar-refractivity contribution in [1.29, 1.82) is 0 Å². The van der Waals surface area contributed by atoms with Crippen LogP contribution in [0.15, 0.2) is 227 Å². The first-order valence-corrected chi connectivity index (χ1v) is 21.8. The molecule has 0 N–H and O–H groups in total. The van der Waals surface area contributed by atoms with E-state index >= 15 is 0 Å². The summed E-state index contributed by atoms with van der Waals surface area (Å²) >= 11 is 0. The van der Waals surface area contributed by atoms with Crippen LogP contribution in [-0.2, 0) is 0 Å². The summed E-state index contributed by atoms with van der Waals surface area (Å²) in [6, 6.07) is 78.2. The number of rotatable bonds is 5. The molecule has 0 fully saturated rings. The van der Waals surface area contributed by atoms with Crippen molar-refractivity contribution >= 4 is 87.5 Å². The van der Waals surface area contributed by atoms with Gasteiger partial charge in [-0.3, -0.25) is 0 Å². The van der Waals surface area contributed by atoms with E-state index < -0.39 is 0 Å². The molecule has 0 aliphatic rings. The highest BCUT2D eigenvalue weighted by atomic mass is 16.3. The van der Waals surface area contributed by atoms with E-state index in [1.165, 1.54) is 21.5 Å². The topological polar surface area (TPSA) is 36.1 Å². The molecule has 0 radical (unpaired) electrons. The maximum atomic E-state index is 7.61. The van der Waals surface area contributed by atoms with Gasteiger partial charge < -0.3 is 18.0 Å². The normalized spacial score (nSPS) is 12.1. The molecule has 298 valence electrons. The van der Waals surface area contributed by atoms with Crippen molar-refractivity contribution in [2.24, 2.45) is 0 Å². The lowest BCUT2D eigenvalue weighted by Crippen LogP contribution is -1.99. The first-order valence-electron chi connectivity index (χ1n) is 21.8. The molecule has 4 aromatic heterocycles. The fourth-order valence-electron chi connectivity index (χ4n) is 10.6. The van der Waals surface area contributed by atoms with E-state index in [-0.39, 0.29) is 0 Å². The average Bonchev–Trinajstić information content (AvgIpc) is 4.12. The van der Waals surface area contributed by atoms with Crippen molar-refractivity contribution in [3.63, 3.8) is 0 Å². The molecule has 0 unspecified atom stereocenters. The highest BCUT2D eigenvalue weighted by Crippen LogP contribution is 2.52. The van der Waals surface area contributed by atoms with Crippen molar-refractivity contribution in [2.45, 2.75) is 0 Å². The van der Waals surface area contributed by atoms with E-state index in [2.05, 4.69) is 228 Å². The summed E-state index contributed by atoms with van der Waals surface area (Å²) in [5.74, 6) is 0. The van der Waals surface area contributed by atoms with Crippen LogP contribution in [0.25, 0.3) is 132 Å². The third-order valence-electron chi connectivity index (χ3n) is 13.3. The van der Waals surface area contributed by atoms with Gasteiger partial charge in [0.05, 0.1) is 33.3 Å². The maximum Gasteiger partial charge on any atom is 0.159 e. The number of fused-ring (bicyclic) bond motifs is 12. The molecule has 0 aliphatic heterocycles. The van der Waals surface area contributed by atoms with Gasteiger partial charge in [-0.15, -0.1) is 0 Å². The predicted octanol–water partition coefficient (Wildman–Crippen LogP) is 16.7. The fourth-order valence-corrected chi connectivity index (χ4v) is 10.6. The molecule has 0 spiro atoms. The van der Waals surface area contributed by atoms with E-state index in [9.17, 15) is 0 Å². The first-order chi connectivity index (χ1) is 31.8. The summed E-state index contributed by atoms with van der Waals surface area (Å²) in [4.78, 5) is 0. The molecule has 14 rings (SSSR count). The summed E-state index contributed by atoms with van der Waals surface area (Å²) < 4.78 is 19.6. The van der Waals surface area contributed by atoms with Crippen LogP contribution in [0.2, 0.25) is 0 Å². The Labute approximate surface area is 367 Å². The Morgan fingerprint density at radius 1 is 0.281 bits per heavy atom. The Hall–Kier alpha value is -8.60. The van der Waals surface area contributed by atoms with Crippen molar-refractivity contribution < 1.29 is 8.83 Å². The SMILES string of the molecule is c1ccc(-c2ccc3oc4c(-c5ccccc5)c5oc6c(-n7c8ccccc8c8ccccc87)cc(-n7c8ccccc8c8ccccc87)cc6c5c(-c5ccccc5)c4c3c2)cc1. The maximum absolute atomic E-state index is 7.61. The number of nitrogens with zero attached hydrogens (tertiary/aromatic N) is 2. The predicted molar refractivity (Wildman–Crippen MR) is 266 cm³/mol. The van der Waals surface area contributed by atoms with Crippen LogP contribution >= 0.6 is 0 Å². The van der Waals surface area contributed by atoms with Crippen LogP contribution in [0, 0.1) is 0 Å². The molecule has 4 heteroatoms. The molecular formula is C60H36N2O2. The fraction of sp³-hybridized carbons (Fsp3) is 0. The molecule has 10 aromatic carbocycles. The summed E-state index contributed by atoms with van der Waals surface area (Å²) in [7, 11) is 0. The van der Waals surface area contributed by atoms with Gasteiger partial charge in [0.1, 0.15) is 16.7 Å². The van der Waals surface area contributed by atoms with Crippen LogP contribution in [-0.4, -0.2) is 9.13 Å². The van der Waals surface area contributed by atoms with Gasteiger partial charge in [0.2, 0.25) is 0 Å². The standard InChI is InChI=1S/C60H36N2O2/c1-4-18-37(19-5-1)40-32-33-53-46(34-40)56-54(38-20-6-2-7-21-38)57-47-35-41(61-48-28-14-10-24-42(48)43-25-11-15-29-49(43)61)36-52(62-50-30-16-12-26-44(50)45-27-13-17-31-51(45)62)58(47)64-60(57)55(59(56)63-53)39-22-8-3-9-23-39/h1-36H. The summed E-state index contributed by atoms with van der Waals surface area (Å²) in [6.07, 6.45) is 0. The third kappa shape index (κ3) is 4.93. The van der Waals surface area contributed by atoms with Gasteiger partial charge in [0.15, 0.2) is 5.58 Å². The number of aromatic nitrogens is 2. The van der Waals surface area contributed by atoms with Crippen LogP contribution < -0.4 is 0 Å². The van der Waals surface area contributed by atoms with Gasteiger partial charge in [0, 0.05) is 54.3 Å². The number of hydrogen-bond donors (Lipinski definition) is 0. The molecule has 4 nitrogen and oxygen atoms in total. The minimum Gasteiger partial charge on any atom is -0.455 e. The lowest BCUT2D eigenvalue weighted by molar-refractivity contribution is 0.657.